The van der Waals surface area contributed by atoms with E-state index in [2.05, 4.69) is 5.32 Å². The Labute approximate surface area is 204 Å². The van der Waals surface area contributed by atoms with Crippen molar-refractivity contribution in [3.63, 3.8) is 0 Å². The average molecular weight is 501 g/mol. The number of methoxy groups -OCH3 is 1. The normalized spacial score (nSPS) is 13.2. The molecule has 1 heterocycles. The number of para-hydroxylation sites is 1. The molecule has 0 spiro atoms. The van der Waals surface area contributed by atoms with Crippen LogP contribution in [0.3, 0.4) is 0 Å². The largest absolute Gasteiger partial charge is 0.497 e. The second-order valence-electron chi connectivity index (χ2n) is 7.82. The van der Waals surface area contributed by atoms with Gasteiger partial charge in [0.05, 0.1) is 22.7 Å². The summed E-state index contributed by atoms with van der Waals surface area (Å²) in [5.41, 5.74) is 2.61. The van der Waals surface area contributed by atoms with Gasteiger partial charge in [0.1, 0.15) is 11.5 Å². The van der Waals surface area contributed by atoms with Gasteiger partial charge in [-0.1, -0.05) is 41.9 Å². The molecule has 0 saturated heterocycles. The van der Waals surface area contributed by atoms with Gasteiger partial charge < -0.3 is 14.8 Å². The van der Waals surface area contributed by atoms with Gasteiger partial charge in [-0.05, 0) is 60.4 Å². The lowest BCUT2D eigenvalue weighted by molar-refractivity contribution is -0.123. The standard InChI is InChI=1S/C25H25ClN2O5S/c1-32-20-10-8-18(9-11-20)16-27-25(29)17-33-24-13-12-21(15-22(24)26)34(30,31)28-14-4-6-19-5-2-3-7-23(19)28/h2-3,5,7-13,15H,4,6,14,16-17H2,1H3,(H,27,29). The number of nitrogens with zero attached hydrogens (tertiary/aromatic N) is 1. The maximum absolute atomic E-state index is 13.3. The Kier molecular flexibility index (Phi) is 7.29. The van der Waals surface area contributed by atoms with Crippen LogP contribution in [0.4, 0.5) is 5.69 Å². The fraction of sp³-hybridized carbons (Fsp3) is 0.240. The first-order valence-electron chi connectivity index (χ1n) is 10.8. The number of nitrogens with one attached hydrogen (secondary N) is 1. The van der Waals surface area contributed by atoms with Gasteiger partial charge in [0.15, 0.2) is 6.61 Å². The first kappa shape index (κ1) is 23.9. The molecular weight excluding hydrogens is 476 g/mol. The second-order valence-corrected chi connectivity index (χ2v) is 10.1. The molecule has 3 aromatic carbocycles. The van der Waals surface area contributed by atoms with E-state index >= 15 is 0 Å². The highest BCUT2D eigenvalue weighted by Crippen LogP contribution is 2.34. The number of carbonyl (C=O) groups excluding carboxylic acids is 1. The molecule has 4 rings (SSSR count). The van der Waals surface area contributed by atoms with Crippen LogP contribution >= 0.6 is 11.6 Å². The van der Waals surface area contributed by atoms with Crippen molar-refractivity contribution in [1.29, 1.82) is 0 Å². The van der Waals surface area contributed by atoms with E-state index in [1.54, 1.807) is 7.11 Å². The number of anilines is 1. The van der Waals surface area contributed by atoms with Gasteiger partial charge in [-0.15, -0.1) is 0 Å². The topological polar surface area (TPSA) is 84.9 Å². The van der Waals surface area contributed by atoms with Gasteiger partial charge in [-0.25, -0.2) is 8.42 Å². The molecule has 178 valence electrons. The molecule has 0 aromatic heterocycles. The summed E-state index contributed by atoms with van der Waals surface area (Å²) in [5.74, 6) is 0.649. The average Bonchev–Trinajstić information content (AvgIpc) is 2.86. The van der Waals surface area contributed by atoms with Crippen LogP contribution in [0.25, 0.3) is 0 Å². The fourth-order valence-electron chi connectivity index (χ4n) is 3.77. The number of carbonyl (C=O) groups is 1. The highest BCUT2D eigenvalue weighted by atomic mass is 35.5. The number of amides is 1. The van der Waals surface area contributed by atoms with Gasteiger partial charge in [0.2, 0.25) is 0 Å². The number of hydrogen-bond acceptors (Lipinski definition) is 5. The number of sulfonamides is 1. The van der Waals surface area contributed by atoms with Crippen LogP contribution in [0, 0.1) is 0 Å². The Morgan fingerprint density at radius 3 is 2.59 bits per heavy atom. The predicted octanol–water partition coefficient (Wildman–Crippen LogP) is 4.19. The van der Waals surface area contributed by atoms with E-state index in [9.17, 15) is 13.2 Å². The van der Waals surface area contributed by atoms with Crippen LogP contribution in [-0.4, -0.2) is 34.6 Å². The summed E-state index contributed by atoms with van der Waals surface area (Å²) in [6.45, 7) is 0.499. The van der Waals surface area contributed by atoms with Crippen molar-refractivity contribution in [2.45, 2.75) is 24.3 Å². The summed E-state index contributed by atoms with van der Waals surface area (Å²) in [5, 5.41) is 2.88. The SMILES string of the molecule is COc1ccc(CNC(=O)COc2ccc(S(=O)(=O)N3CCCc4ccccc43)cc2Cl)cc1. The Morgan fingerprint density at radius 1 is 1.09 bits per heavy atom. The third-order valence-corrected chi connectivity index (χ3v) is 7.67. The lowest BCUT2D eigenvalue weighted by Crippen LogP contribution is -2.35. The van der Waals surface area contributed by atoms with Crippen LogP contribution in [0.15, 0.2) is 71.6 Å². The number of hydrogen-bond donors (Lipinski definition) is 1. The molecule has 9 heteroatoms. The lowest BCUT2D eigenvalue weighted by atomic mass is 10.0. The first-order chi connectivity index (χ1) is 16.4. The Morgan fingerprint density at radius 2 is 1.85 bits per heavy atom. The maximum atomic E-state index is 13.3. The zero-order valence-corrected chi connectivity index (χ0v) is 20.2. The smallest absolute Gasteiger partial charge is 0.264 e. The van der Waals surface area contributed by atoms with Crippen LogP contribution < -0.4 is 19.1 Å². The molecule has 1 aliphatic heterocycles. The summed E-state index contributed by atoms with van der Waals surface area (Å²) in [7, 11) is -2.19. The molecule has 1 aliphatic rings. The third kappa shape index (κ3) is 5.29. The fourth-order valence-corrected chi connectivity index (χ4v) is 5.64. The molecule has 0 unspecified atom stereocenters. The molecule has 1 amide bonds. The van der Waals surface area contributed by atoms with E-state index in [1.165, 1.54) is 22.5 Å². The first-order valence-corrected chi connectivity index (χ1v) is 12.6. The molecule has 34 heavy (non-hydrogen) atoms. The van der Waals surface area contributed by atoms with Crippen molar-refractivity contribution >= 4 is 33.2 Å². The van der Waals surface area contributed by atoms with Gasteiger partial charge >= 0.3 is 0 Å². The predicted molar refractivity (Wildman–Crippen MR) is 131 cm³/mol. The molecule has 0 radical (unpaired) electrons. The van der Waals surface area contributed by atoms with Crippen molar-refractivity contribution in [3.8, 4) is 11.5 Å². The van der Waals surface area contributed by atoms with Crippen molar-refractivity contribution in [1.82, 2.24) is 5.32 Å². The third-order valence-electron chi connectivity index (χ3n) is 5.57. The minimum atomic E-state index is -3.79. The number of benzene rings is 3. The van der Waals surface area contributed by atoms with Crippen LogP contribution in [0.2, 0.25) is 5.02 Å². The molecule has 0 atom stereocenters. The van der Waals surface area contributed by atoms with Crippen LogP contribution in [0.5, 0.6) is 11.5 Å². The maximum Gasteiger partial charge on any atom is 0.264 e. The minimum Gasteiger partial charge on any atom is -0.497 e. The number of halogens is 1. The number of rotatable bonds is 8. The molecular formula is C25H25ClN2O5S. The zero-order valence-electron chi connectivity index (χ0n) is 18.7. The Hall–Kier alpha value is -3.23. The van der Waals surface area contributed by atoms with E-state index in [1.807, 2.05) is 48.5 Å². The monoisotopic (exact) mass is 500 g/mol. The molecule has 0 bridgehead atoms. The van der Waals surface area contributed by atoms with Crippen molar-refractivity contribution in [2.24, 2.45) is 0 Å². The Bertz CT molecular complexity index is 1280. The van der Waals surface area contributed by atoms with Crippen LogP contribution in [0.1, 0.15) is 17.5 Å². The number of ether oxygens (including phenoxy) is 2. The van der Waals surface area contributed by atoms with Crippen molar-refractivity contribution < 1.29 is 22.7 Å². The summed E-state index contributed by atoms with van der Waals surface area (Å²) in [6.07, 6.45) is 1.59. The van der Waals surface area contributed by atoms with Crippen molar-refractivity contribution in [2.75, 3.05) is 24.6 Å². The highest BCUT2D eigenvalue weighted by molar-refractivity contribution is 7.92. The van der Waals surface area contributed by atoms with E-state index in [0.29, 0.717) is 18.8 Å². The summed E-state index contributed by atoms with van der Waals surface area (Å²) < 4.78 is 38.6. The van der Waals surface area contributed by atoms with Gasteiger partial charge in [0.25, 0.3) is 15.9 Å². The summed E-state index contributed by atoms with van der Waals surface area (Å²) in [4.78, 5) is 12.2. The van der Waals surface area contributed by atoms with Gasteiger partial charge in [0, 0.05) is 13.1 Å². The number of aryl methyl sites for hydroxylation is 1. The van der Waals surface area contributed by atoms with Crippen molar-refractivity contribution in [3.05, 3.63) is 82.9 Å². The quantitative estimate of drug-likeness (QED) is 0.501. The van der Waals surface area contributed by atoms with Crippen LogP contribution in [-0.2, 0) is 27.8 Å². The zero-order chi connectivity index (χ0) is 24.1. The highest BCUT2D eigenvalue weighted by Gasteiger charge is 2.29. The van der Waals surface area contributed by atoms with E-state index < -0.39 is 10.0 Å². The van der Waals surface area contributed by atoms with E-state index in [-0.39, 0.29) is 28.2 Å². The summed E-state index contributed by atoms with van der Waals surface area (Å²) >= 11 is 6.31. The summed E-state index contributed by atoms with van der Waals surface area (Å²) in [6, 6.07) is 19.1. The van der Waals surface area contributed by atoms with Gasteiger partial charge in [-0.3, -0.25) is 9.10 Å². The molecule has 0 fully saturated rings. The number of fused-ring (bicyclic) bond motifs is 1. The Balaban J connectivity index is 1.39. The van der Waals surface area contributed by atoms with E-state index in [0.717, 1.165) is 29.7 Å². The molecule has 3 aromatic rings. The molecule has 1 N–H and O–H groups in total. The second kappa shape index (κ2) is 10.4. The molecule has 0 aliphatic carbocycles. The van der Waals surface area contributed by atoms with Gasteiger partial charge in [-0.2, -0.15) is 0 Å². The minimum absolute atomic E-state index is 0.0745. The molecule has 0 saturated carbocycles. The lowest BCUT2D eigenvalue weighted by Gasteiger charge is -2.30. The molecule has 7 nitrogen and oxygen atoms in total. The van der Waals surface area contributed by atoms with E-state index in [4.69, 9.17) is 21.1 Å².